The van der Waals surface area contributed by atoms with E-state index in [0.717, 1.165) is 32.2 Å². The summed E-state index contributed by atoms with van der Waals surface area (Å²) in [6, 6.07) is 0.122. The molecule has 0 aromatic rings. The molecule has 1 N–H and O–H groups in total. The Kier molecular flexibility index (Phi) is 6.20. The van der Waals surface area contributed by atoms with Gasteiger partial charge in [-0.3, -0.25) is 9.59 Å². The molecule has 0 aromatic carbocycles. The van der Waals surface area contributed by atoms with Gasteiger partial charge in [-0.2, -0.15) is 0 Å². The molecule has 126 valence electrons. The minimum Gasteiger partial charge on any atom is -0.390 e. The van der Waals surface area contributed by atoms with E-state index in [-0.39, 0.29) is 17.9 Å². The summed E-state index contributed by atoms with van der Waals surface area (Å²) in [4.78, 5) is 29.8. The van der Waals surface area contributed by atoms with Crippen molar-refractivity contribution < 1.29 is 14.7 Å². The number of piperidine rings is 1. The van der Waals surface area contributed by atoms with Crippen molar-refractivity contribution in [1.29, 1.82) is 0 Å². The molecule has 0 unspecified atom stereocenters. The molecule has 2 rings (SSSR count). The molecule has 2 atom stereocenters. The molecular formula is C16H29N3O3. The van der Waals surface area contributed by atoms with E-state index in [1.807, 2.05) is 23.9 Å². The molecule has 0 radical (unpaired) electrons. The maximum absolute atomic E-state index is 12.3. The van der Waals surface area contributed by atoms with Crippen LogP contribution in [0.2, 0.25) is 0 Å². The second-order valence-electron chi connectivity index (χ2n) is 6.67. The van der Waals surface area contributed by atoms with Gasteiger partial charge in [0.25, 0.3) is 0 Å². The van der Waals surface area contributed by atoms with Gasteiger partial charge in [0.2, 0.25) is 11.8 Å². The minimum atomic E-state index is -0.493. The molecule has 2 aliphatic heterocycles. The van der Waals surface area contributed by atoms with Crippen LogP contribution < -0.4 is 0 Å². The van der Waals surface area contributed by atoms with Gasteiger partial charge in [-0.25, -0.2) is 0 Å². The average molecular weight is 311 g/mol. The van der Waals surface area contributed by atoms with Crippen molar-refractivity contribution in [2.75, 3.05) is 40.3 Å². The van der Waals surface area contributed by atoms with Gasteiger partial charge in [-0.1, -0.05) is 6.42 Å². The Hall–Kier alpha value is -1.14. The van der Waals surface area contributed by atoms with Crippen LogP contribution in [-0.4, -0.2) is 84.0 Å². The van der Waals surface area contributed by atoms with Crippen molar-refractivity contribution in [2.45, 2.75) is 50.7 Å². The third kappa shape index (κ3) is 4.43. The van der Waals surface area contributed by atoms with E-state index in [4.69, 9.17) is 0 Å². The fourth-order valence-corrected chi connectivity index (χ4v) is 3.41. The first-order valence-electron chi connectivity index (χ1n) is 8.39. The highest BCUT2D eigenvalue weighted by molar-refractivity contribution is 5.79. The molecule has 0 saturated carbocycles. The summed E-state index contributed by atoms with van der Waals surface area (Å²) in [5.74, 6) is 0.227. The molecule has 2 aliphatic rings. The van der Waals surface area contributed by atoms with E-state index in [0.29, 0.717) is 32.5 Å². The maximum Gasteiger partial charge on any atom is 0.224 e. The van der Waals surface area contributed by atoms with Gasteiger partial charge >= 0.3 is 0 Å². The van der Waals surface area contributed by atoms with Crippen molar-refractivity contribution in [3.63, 3.8) is 0 Å². The van der Waals surface area contributed by atoms with Gasteiger partial charge in [0.15, 0.2) is 0 Å². The number of likely N-dealkylation sites (N-methyl/N-ethyl adjacent to an activating group) is 1. The first-order chi connectivity index (χ1) is 10.5. The summed E-state index contributed by atoms with van der Waals surface area (Å²) in [5.41, 5.74) is 0. The third-order valence-corrected chi connectivity index (χ3v) is 4.83. The number of carbonyl (C=O) groups excluding carboxylic acids is 2. The second-order valence-corrected chi connectivity index (χ2v) is 6.67. The maximum atomic E-state index is 12.3. The highest BCUT2D eigenvalue weighted by atomic mass is 16.3. The number of hydrogen-bond acceptors (Lipinski definition) is 4. The number of likely N-dealkylation sites (tertiary alicyclic amines) is 2. The van der Waals surface area contributed by atoms with Crippen molar-refractivity contribution in [2.24, 2.45) is 0 Å². The van der Waals surface area contributed by atoms with Gasteiger partial charge in [0.1, 0.15) is 0 Å². The Bertz CT molecular complexity index is 400. The van der Waals surface area contributed by atoms with E-state index in [1.54, 1.807) is 4.90 Å². The van der Waals surface area contributed by atoms with Crippen LogP contribution in [0.5, 0.6) is 0 Å². The van der Waals surface area contributed by atoms with E-state index < -0.39 is 6.10 Å². The third-order valence-electron chi connectivity index (χ3n) is 4.83. The zero-order valence-corrected chi connectivity index (χ0v) is 13.8. The van der Waals surface area contributed by atoms with Crippen LogP contribution in [0.4, 0.5) is 0 Å². The Morgan fingerprint density at radius 3 is 2.73 bits per heavy atom. The predicted molar refractivity (Wildman–Crippen MR) is 84.3 cm³/mol. The first-order valence-corrected chi connectivity index (χ1v) is 8.39. The highest BCUT2D eigenvalue weighted by Gasteiger charge is 2.31. The first kappa shape index (κ1) is 17.2. The van der Waals surface area contributed by atoms with Crippen LogP contribution >= 0.6 is 0 Å². The number of hydrogen-bond donors (Lipinski definition) is 1. The van der Waals surface area contributed by atoms with Crippen molar-refractivity contribution in [3.05, 3.63) is 0 Å². The number of carbonyl (C=O) groups is 2. The van der Waals surface area contributed by atoms with Gasteiger partial charge in [-0.15, -0.1) is 0 Å². The van der Waals surface area contributed by atoms with Crippen LogP contribution in [0.3, 0.4) is 0 Å². The lowest BCUT2D eigenvalue weighted by Gasteiger charge is -2.39. The number of amides is 2. The molecule has 0 bridgehead atoms. The van der Waals surface area contributed by atoms with E-state index in [1.165, 1.54) is 0 Å². The lowest BCUT2D eigenvalue weighted by atomic mass is 10.0. The summed E-state index contributed by atoms with van der Waals surface area (Å²) < 4.78 is 0. The molecule has 0 aliphatic carbocycles. The fraction of sp³-hybridized carbons (Fsp3) is 0.875. The second kappa shape index (κ2) is 7.92. The topological polar surface area (TPSA) is 64.1 Å². The Labute approximate surface area is 133 Å². The highest BCUT2D eigenvalue weighted by Crippen LogP contribution is 2.17. The number of β-amino-alcohol motifs (C(OH)–C–C–N with tert-alkyl or cyclic N) is 1. The quantitative estimate of drug-likeness (QED) is 0.811. The van der Waals surface area contributed by atoms with Gasteiger partial charge in [-0.05, 0) is 33.4 Å². The van der Waals surface area contributed by atoms with Crippen LogP contribution in [-0.2, 0) is 9.59 Å². The van der Waals surface area contributed by atoms with Crippen molar-refractivity contribution in [3.8, 4) is 0 Å². The molecule has 2 amide bonds. The molecule has 6 heteroatoms. The number of rotatable bonds is 4. The molecule has 2 heterocycles. The molecule has 6 nitrogen and oxygen atoms in total. The van der Waals surface area contributed by atoms with Gasteiger partial charge in [0.05, 0.1) is 6.10 Å². The number of aliphatic hydroxyl groups is 1. The molecule has 0 aromatic heterocycles. The summed E-state index contributed by atoms with van der Waals surface area (Å²) in [6.45, 7) is 2.38. The average Bonchev–Trinajstić information content (AvgIpc) is 2.68. The van der Waals surface area contributed by atoms with E-state index in [2.05, 4.69) is 0 Å². The van der Waals surface area contributed by atoms with E-state index in [9.17, 15) is 14.7 Å². The summed E-state index contributed by atoms with van der Waals surface area (Å²) in [7, 11) is 3.91. The van der Waals surface area contributed by atoms with Crippen molar-refractivity contribution in [1.82, 2.24) is 14.7 Å². The minimum absolute atomic E-state index is 0.0494. The lowest BCUT2D eigenvalue weighted by molar-refractivity contribution is -0.137. The fourth-order valence-electron chi connectivity index (χ4n) is 3.41. The predicted octanol–water partition coefficient (Wildman–Crippen LogP) is 0.303. The number of aliphatic hydroxyl groups excluding tert-OH is 1. The Morgan fingerprint density at radius 1 is 1.27 bits per heavy atom. The monoisotopic (exact) mass is 311 g/mol. The summed E-state index contributed by atoms with van der Waals surface area (Å²) in [5, 5.41) is 10.2. The summed E-state index contributed by atoms with van der Waals surface area (Å²) >= 11 is 0. The largest absolute Gasteiger partial charge is 0.390 e. The van der Waals surface area contributed by atoms with Crippen LogP contribution in [0.25, 0.3) is 0 Å². The van der Waals surface area contributed by atoms with Gasteiger partial charge < -0.3 is 19.8 Å². The van der Waals surface area contributed by atoms with Crippen LogP contribution in [0.1, 0.15) is 38.5 Å². The zero-order chi connectivity index (χ0) is 16.1. The zero-order valence-electron chi connectivity index (χ0n) is 13.8. The molecular weight excluding hydrogens is 282 g/mol. The molecule has 2 fully saturated rings. The summed E-state index contributed by atoms with van der Waals surface area (Å²) in [6.07, 6.45) is 4.38. The lowest BCUT2D eigenvalue weighted by Crippen LogP contribution is -2.53. The normalized spacial score (nSPS) is 27.2. The number of nitrogens with zero attached hydrogens (tertiary/aromatic N) is 3. The van der Waals surface area contributed by atoms with Crippen LogP contribution in [0.15, 0.2) is 0 Å². The Morgan fingerprint density at radius 2 is 2.05 bits per heavy atom. The SMILES string of the molecule is CN(C)[C@H]1CCN(C(=O)CCN2CCCCCC2=O)C[C@@H]1O. The smallest absolute Gasteiger partial charge is 0.224 e. The van der Waals surface area contributed by atoms with E-state index >= 15 is 0 Å². The molecule has 2 saturated heterocycles. The van der Waals surface area contributed by atoms with Gasteiger partial charge in [0, 0.05) is 45.1 Å². The van der Waals surface area contributed by atoms with Crippen molar-refractivity contribution >= 4 is 11.8 Å². The molecule has 22 heavy (non-hydrogen) atoms. The standard InChI is InChI=1S/C16H29N3O3/c1-17(2)13-7-10-19(12-14(13)20)16(22)8-11-18-9-5-3-4-6-15(18)21/h13-14,20H,3-12H2,1-2H3/t13-,14-/m0/s1. The van der Waals surface area contributed by atoms with Crippen LogP contribution in [0, 0.1) is 0 Å². The molecule has 0 spiro atoms. The Balaban J connectivity index is 1.79.